The molecular formula is C24H19Cl2NO2. The SMILES string of the molecule is CCOc1cc(/C=C(/C#N)c2ccc(Cl)cc2)ccc1OCc1ccc(Cl)cc1. The monoisotopic (exact) mass is 423 g/mol. The van der Waals surface area contributed by atoms with Crippen LogP contribution in [0, 0.1) is 11.3 Å². The molecule has 0 unspecified atom stereocenters. The van der Waals surface area contributed by atoms with Gasteiger partial charge in [0, 0.05) is 10.0 Å². The molecule has 3 aromatic rings. The zero-order chi connectivity index (χ0) is 20.6. The molecule has 5 heteroatoms. The fourth-order valence-electron chi connectivity index (χ4n) is 2.72. The number of nitriles is 1. The maximum absolute atomic E-state index is 9.55. The summed E-state index contributed by atoms with van der Waals surface area (Å²) in [7, 11) is 0. The van der Waals surface area contributed by atoms with Gasteiger partial charge in [-0.15, -0.1) is 0 Å². The highest BCUT2D eigenvalue weighted by atomic mass is 35.5. The van der Waals surface area contributed by atoms with E-state index in [1.54, 1.807) is 12.1 Å². The summed E-state index contributed by atoms with van der Waals surface area (Å²) in [6.07, 6.45) is 1.81. The molecular weight excluding hydrogens is 405 g/mol. The number of allylic oxidation sites excluding steroid dienone is 1. The Bertz CT molecular complexity index is 1040. The highest BCUT2D eigenvalue weighted by molar-refractivity contribution is 6.30. The van der Waals surface area contributed by atoms with Crippen molar-refractivity contribution in [2.75, 3.05) is 6.61 Å². The molecule has 0 aliphatic heterocycles. The number of halogens is 2. The number of ether oxygens (including phenoxy) is 2. The van der Waals surface area contributed by atoms with E-state index >= 15 is 0 Å². The average Bonchev–Trinajstić information content (AvgIpc) is 2.73. The predicted molar refractivity (Wildman–Crippen MR) is 118 cm³/mol. The molecule has 3 nitrogen and oxygen atoms in total. The maximum atomic E-state index is 9.55. The Balaban J connectivity index is 1.83. The summed E-state index contributed by atoms with van der Waals surface area (Å²) in [6.45, 7) is 2.83. The van der Waals surface area contributed by atoms with E-state index in [4.69, 9.17) is 32.7 Å². The summed E-state index contributed by atoms with van der Waals surface area (Å²) in [5.74, 6) is 1.27. The normalized spacial score (nSPS) is 11.0. The Hall–Kier alpha value is -2.93. The molecule has 0 amide bonds. The zero-order valence-electron chi connectivity index (χ0n) is 15.9. The third-order valence-electron chi connectivity index (χ3n) is 4.16. The van der Waals surface area contributed by atoms with E-state index < -0.39 is 0 Å². The lowest BCUT2D eigenvalue weighted by Crippen LogP contribution is -2.00. The first kappa shape index (κ1) is 20.8. The van der Waals surface area contributed by atoms with Gasteiger partial charge < -0.3 is 9.47 Å². The van der Waals surface area contributed by atoms with E-state index in [0.29, 0.717) is 40.3 Å². The van der Waals surface area contributed by atoms with Crippen molar-refractivity contribution in [2.24, 2.45) is 0 Å². The minimum absolute atomic E-state index is 0.403. The smallest absolute Gasteiger partial charge is 0.161 e. The quantitative estimate of drug-likeness (QED) is 0.302. The van der Waals surface area contributed by atoms with Gasteiger partial charge in [-0.1, -0.05) is 53.5 Å². The van der Waals surface area contributed by atoms with Crippen molar-refractivity contribution in [1.29, 1.82) is 5.26 Å². The van der Waals surface area contributed by atoms with Crippen LogP contribution >= 0.6 is 23.2 Å². The van der Waals surface area contributed by atoms with Crippen molar-refractivity contribution in [3.05, 3.63) is 93.5 Å². The number of hydrogen-bond donors (Lipinski definition) is 0. The molecule has 29 heavy (non-hydrogen) atoms. The second-order valence-electron chi connectivity index (χ2n) is 6.23. The summed E-state index contributed by atoms with van der Waals surface area (Å²) in [5.41, 5.74) is 3.20. The molecule has 0 saturated heterocycles. The van der Waals surface area contributed by atoms with E-state index in [1.165, 1.54) is 0 Å². The molecule has 0 aliphatic carbocycles. The third-order valence-corrected chi connectivity index (χ3v) is 4.67. The number of rotatable bonds is 7. The molecule has 3 aromatic carbocycles. The summed E-state index contributed by atoms with van der Waals surface area (Å²) >= 11 is 11.9. The van der Waals surface area contributed by atoms with Gasteiger partial charge in [-0.3, -0.25) is 0 Å². The zero-order valence-corrected chi connectivity index (χ0v) is 17.4. The number of nitrogens with zero attached hydrogens (tertiary/aromatic N) is 1. The van der Waals surface area contributed by atoms with Crippen LogP contribution in [-0.2, 0) is 6.61 Å². The lowest BCUT2D eigenvalue weighted by molar-refractivity contribution is 0.269. The van der Waals surface area contributed by atoms with Crippen LogP contribution in [0.5, 0.6) is 11.5 Å². The molecule has 0 atom stereocenters. The molecule has 0 N–H and O–H groups in total. The molecule has 0 spiro atoms. The van der Waals surface area contributed by atoms with Crippen molar-refractivity contribution in [3.63, 3.8) is 0 Å². The maximum Gasteiger partial charge on any atom is 0.161 e. The average molecular weight is 424 g/mol. The van der Waals surface area contributed by atoms with Gasteiger partial charge in [0.25, 0.3) is 0 Å². The molecule has 0 radical (unpaired) electrons. The summed E-state index contributed by atoms with van der Waals surface area (Å²) in [6, 6.07) is 22.5. The van der Waals surface area contributed by atoms with Gasteiger partial charge in [-0.05, 0) is 66.1 Å². The molecule has 146 valence electrons. The topological polar surface area (TPSA) is 42.2 Å². The van der Waals surface area contributed by atoms with Gasteiger partial charge in [0.05, 0.1) is 18.2 Å². The van der Waals surface area contributed by atoms with Gasteiger partial charge in [0.1, 0.15) is 6.61 Å². The largest absolute Gasteiger partial charge is 0.490 e. The summed E-state index contributed by atoms with van der Waals surface area (Å²) < 4.78 is 11.7. The fourth-order valence-corrected chi connectivity index (χ4v) is 2.97. The van der Waals surface area contributed by atoms with Crippen LogP contribution in [0.1, 0.15) is 23.6 Å². The molecule has 3 rings (SSSR count). The predicted octanol–water partition coefficient (Wildman–Crippen LogP) is 7.04. The highest BCUT2D eigenvalue weighted by Gasteiger charge is 2.08. The number of benzene rings is 3. The minimum atomic E-state index is 0.403. The molecule has 0 heterocycles. The Morgan fingerprint density at radius 2 is 1.55 bits per heavy atom. The Kier molecular flexibility index (Phi) is 7.19. The lowest BCUT2D eigenvalue weighted by Gasteiger charge is -2.13. The molecule has 0 bridgehead atoms. The van der Waals surface area contributed by atoms with E-state index in [0.717, 1.165) is 16.7 Å². The van der Waals surface area contributed by atoms with Crippen molar-refractivity contribution in [1.82, 2.24) is 0 Å². The van der Waals surface area contributed by atoms with Crippen LogP contribution < -0.4 is 9.47 Å². The van der Waals surface area contributed by atoms with Crippen LogP contribution in [0.15, 0.2) is 66.7 Å². The minimum Gasteiger partial charge on any atom is -0.490 e. The van der Waals surface area contributed by atoms with Gasteiger partial charge in [-0.2, -0.15) is 5.26 Å². The Morgan fingerprint density at radius 1 is 0.897 bits per heavy atom. The summed E-state index contributed by atoms with van der Waals surface area (Å²) in [4.78, 5) is 0. The second-order valence-corrected chi connectivity index (χ2v) is 7.10. The molecule has 0 aliphatic rings. The molecule has 0 aromatic heterocycles. The number of hydrogen-bond acceptors (Lipinski definition) is 3. The van der Waals surface area contributed by atoms with E-state index in [2.05, 4.69) is 6.07 Å². The van der Waals surface area contributed by atoms with Crippen molar-refractivity contribution in [3.8, 4) is 17.6 Å². The van der Waals surface area contributed by atoms with Crippen LogP contribution in [0.3, 0.4) is 0 Å². The highest BCUT2D eigenvalue weighted by Crippen LogP contribution is 2.31. The van der Waals surface area contributed by atoms with Crippen molar-refractivity contribution >= 4 is 34.9 Å². The Morgan fingerprint density at radius 3 is 2.17 bits per heavy atom. The van der Waals surface area contributed by atoms with E-state index in [1.807, 2.05) is 67.6 Å². The second kappa shape index (κ2) is 10.0. The van der Waals surface area contributed by atoms with Crippen LogP contribution in [0.4, 0.5) is 0 Å². The first-order valence-electron chi connectivity index (χ1n) is 9.11. The summed E-state index contributed by atoms with van der Waals surface area (Å²) in [5, 5.41) is 10.9. The van der Waals surface area contributed by atoms with Crippen molar-refractivity contribution in [2.45, 2.75) is 13.5 Å². The first-order chi connectivity index (χ1) is 14.1. The standard InChI is InChI=1S/C24H19Cl2NO2/c1-2-28-24-14-18(13-20(15-27)19-6-10-22(26)11-7-19)5-12-23(24)29-16-17-3-8-21(25)9-4-17/h3-14H,2,16H2,1H3/b20-13-. The molecule has 0 fully saturated rings. The van der Waals surface area contributed by atoms with Crippen LogP contribution in [0.25, 0.3) is 11.6 Å². The van der Waals surface area contributed by atoms with Crippen molar-refractivity contribution < 1.29 is 9.47 Å². The Labute approximate surface area is 180 Å². The first-order valence-corrected chi connectivity index (χ1v) is 9.86. The van der Waals surface area contributed by atoms with Crippen LogP contribution in [-0.4, -0.2) is 6.61 Å². The van der Waals surface area contributed by atoms with Gasteiger partial charge >= 0.3 is 0 Å². The van der Waals surface area contributed by atoms with Gasteiger partial charge in [-0.25, -0.2) is 0 Å². The molecule has 0 saturated carbocycles. The lowest BCUT2D eigenvalue weighted by atomic mass is 10.0. The van der Waals surface area contributed by atoms with E-state index in [-0.39, 0.29) is 0 Å². The van der Waals surface area contributed by atoms with E-state index in [9.17, 15) is 5.26 Å². The fraction of sp³-hybridized carbons (Fsp3) is 0.125. The van der Waals surface area contributed by atoms with Gasteiger partial charge in [0.2, 0.25) is 0 Å². The third kappa shape index (κ3) is 5.77. The van der Waals surface area contributed by atoms with Crippen LogP contribution in [0.2, 0.25) is 10.0 Å². The van der Waals surface area contributed by atoms with Gasteiger partial charge in [0.15, 0.2) is 11.5 Å².